The van der Waals surface area contributed by atoms with E-state index in [1.54, 1.807) is 19.2 Å². The van der Waals surface area contributed by atoms with Crippen LogP contribution in [0.2, 0.25) is 0 Å². The molecule has 2 saturated heterocycles. The van der Waals surface area contributed by atoms with Crippen LogP contribution in [0.4, 0.5) is 4.39 Å². The first-order chi connectivity index (χ1) is 12.5. The summed E-state index contributed by atoms with van der Waals surface area (Å²) in [5.41, 5.74) is 2.34. The van der Waals surface area contributed by atoms with Crippen LogP contribution < -0.4 is 4.74 Å². The molecule has 2 aliphatic rings. The third-order valence-corrected chi connectivity index (χ3v) is 6.15. The minimum Gasteiger partial charge on any atom is -0.496 e. The van der Waals surface area contributed by atoms with Gasteiger partial charge in [0.05, 0.1) is 12.7 Å². The molecule has 2 aromatic carbocycles. The van der Waals surface area contributed by atoms with E-state index in [4.69, 9.17) is 4.74 Å². The summed E-state index contributed by atoms with van der Waals surface area (Å²) in [6, 6.07) is 13.3. The Bertz CT molecular complexity index is 775. The molecule has 4 rings (SSSR count). The van der Waals surface area contributed by atoms with Gasteiger partial charge in [0.15, 0.2) is 0 Å². The van der Waals surface area contributed by atoms with Gasteiger partial charge in [0.2, 0.25) is 0 Å². The molecule has 1 N–H and O–H groups in total. The van der Waals surface area contributed by atoms with Crippen LogP contribution in [0.15, 0.2) is 42.5 Å². The number of para-hydroxylation sites is 1. The van der Waals surface area contributed by atoms with Crippen molar-refractivity contribution in [1.82, 2.24) is 4.90 Å². The molecule has 0 amide bonds. The van der Waals surface area contributed by atoms with E-state index < -0.39 is 5.60 Å². The molecule has 3 nitrogen and oxygen atoms in total. The number of aryl methyl sites for hydroxylation is 1. The van der Waals surface area contributed by atoms with Crippen molar-refractivity contribution in [2.45, 2.75) is 56.8 Å². The maximum atomic E-state index is 13.3. The zero-order chi connectivity index (χ0) is 18.3. The first-order valence-corrected chi connectivity index (χ1v) is 9.37. The third kappa shape index (κ3) is 3.01. The highest BCUT2D eigenvalue weighted by Crippen LogP contribution is 2.46. The molecule has 4 heteroatoms. The van der Waals surface area contributed by atoms with Crippen LogP contribution in [0, 0.1) is 12.7 Å². The third-order valence-electron chi connectivity index (χ3n) is 6.15. The van der Waals surface area contributed by atoms with Crippen LogP contribution in [-0.4, -0.2) is 29.2 Å². The second-order valence-corrected chi connectivity index (χ2v) is 7.77. The minimum absolute atomic E-state index is 0.260. The predicted octanol–water partition coefficient (Wildman–Crippen LogP) is 4.16. The van der Waals surface area contributed by atoms with Crippen LogP contribution in [-0.2, 0) is 12.1 Å². The Labute approximate surface area is 154 Å². The number of benzene rings is 2. The molecule has 138 valence electrons. The molecule has 0 aliphatic carbocycles. The van der Waals surface area contributed by atoms with Crippen molar-refractivity contribution in [2.24, 2.45) is 0 Å². The highest BCUT2D eigenvalue weighted by atomic mass is 19.1. The van der Waals surface area contributed by atoms with Gasteiger partial charge in [0.1, 0.15) is 11.6 Å². The number of aliphatic hydroxyl groups is 1. The zero-order valence-corrected chi connectivity index (χ0v) is 15.4. The average molecular weight is 355 g/mol. The number of halogens is 1. The van der Waals surface area contributed by atoms with Gasteiger partial charge >= 0.3 is 0 Å². The van der Waals surface area contributed by atoms with Gasteiger partial charge in [0, 0.05) is 24.2 Å². The van der Waals surface area contributed by atoms with Crippen LogP contribution in [0.5, 0.6) is 5.75 Å². The standard InChI is InChI=1S/C22H26FNO2/c1-15-4-3-5-16(21(15)26-2)14-24-19-10-11-20(24)13-22(25,12-19)17-6-8-18(23)9-7-17/h3-9,19-20,25H,10-14H2,1-2H3. The van der Waals surface area contributed by atoms with Gasteiger partial charge in [-0.3, -0.25) is 4.90 Å². The fourth-order valence-corrected chi connectivity index (χ4v) is 4.90. The van der Waals surface area contributed by atoms with E-state index in [1.165, 1.54) is 17.7 Å². The van der Waals surface area contributed by atoms with E-state index in [0.29, 0.717) is 24.9 Å². The second-order valence-electron chi connectivity index (χ2n) is 7.77. The lowest BCUT2D eigenvalue weighted by atomic mass is 9.80. The van der Waals surface area contributed by atoms with Gasteiger partial charge in [-0.15, -0.1) is 0 Å². The maximum Gasteiger partial charge on any atom is 0.126 e. The summed E-state index contributed by atoms with van der Waals surface area (Å²) < 4.78 is 18.9. The summed E-state index contributed by atoms with van der Waals surface area (Å²) >= 11 is 0. The predicted molar refractivity (Wildman–Crippen MR) is 99.6 cm³/mol. The number of hydrogen-bond acceptors (Lipinski definition) is 3. The largest absolute Gasteiger partial charge is 0.496 e. The van der Waals surface area contributed by atoms with Crippen molar-refractivity contribution in [1.29, 1.82) is 0 Å². The molecule has 2 aromatic rings. The normalized spacial score (nSPS) is 28.3. The summed E-state index contributed by atoms with van der Waals surface area (Å²) in [5, 5.41) is 11.3. The lowest BCUT2D eigenvalue weighted by molar-refractivity contribution is -0.0596. The molecule has 2 aliphatic heterocycles. The van der Waals surface area contributed by atoms with Crippen molar-refractivity contribution < 1.29 is 14.2 Å². The first kappa shape index (κ1) is 17.5. The van der Waals surface area contributed by atoms with E-state index >= 15 is 0 Å². The number of fused-ring (bicyclic) bond motifs is 2. The van der Waals surface area contributed by atoms with Crippen LogP contribution >= 0.6 is 0 Å². The fourth-order valence-electron chi connectivity index (χ4n) is 4.90. The Morgan fingerprint density at radius 1 is 1.12 bits per heavy atom. The molecule has 0 spiro atoms. The maximum absolute atomic E-state index is 13.3. The second kappa shape index (κ2) is 6.67. The molecule has 0 aromatic heterocycles. The molecule has 0 radical (unpaired) electrons. The smallest absolute Gasteiger partial charge is 0.126 e. The number of ether oxygens (including phenoxy) is 1. The topological polar surface area (TPSA) is 32.7 Å². The molecular weight excluding hydrogens is 329 g/mol. The molecule has 2 fully saturated rings. The summed E-state index contributed by atoms with van der Waals surface area (Å²) in [4.78, 5) is 2.52. The van der Waals surface area contributed by atoms with E-state index in [9.17, 15) is 9.50 Å². The van der Waals surface area contributed by atoms with Gasteiger partial charge in [-0.05, 0) is 55.9 Å². The Morgan fingerprint density at radius 2 is 1.77 bits per heavy atom. The van der Waals surface area contributed by atoms with Crippen molar-refractivity contribution in [3.05, 3.63) is 65.0 Å². The highest BCUT2D eigenvalue weighted by molar-refractivity contribution is 5.41. The summed E-state index contributed by atoms with van der Waals surface area (Å²) in [7, 11) is 1.73. The number of methoxy groups -OCH3 is 1. The molecule has 2 heterocycles. The lowest BCUT2D eigenvalue weighted by Crippen LogP contribution is -2.49. The molecule has 2 bridgehead atoms. The summed E-state index contributed by atoms with van der Waals surface area (Å²) in [6.45, 7) is 2.92. The minimum atomic E-state index is -0.854. The van der Waals surface area contributed by atoms with Crippen LogP contribution in [0.3, 0.4) is 0 Å². The molecule has 0 saturated carbocycles. The number of hydrogen-bond donors (Lipinski definition) is 1. The Balaban J connectivity index is 1.56. The molecular formula is C22H26FNO2. The Morgan fingerprint density at radius 3 is 2.38 bits per heavy atom. The van der Waals surface area contributed by atoms with Gasteiger partial charge in [0.25, 0.3) is 0 Å². The number of piperidine rings is 1. The number of nitrogens with zero attached hydrogens (tertiary/aromatic N) is 1. The Hall–Kier alpha value is -1.91. The molecule has 2 atom stereocenters. The van der Waals surface area contributed by atoms with E-state index in [1.807, 2.05) is 0 Å². The first-order valence-electron chi connectivity index (χ1n) is 9.37. The van der Waals surface area contributed by atoms with Crippen molar-refractivity contribution in [3.63, 3.8) is 0 Å². The quantitative estimate of drug-likeness (QED) is 0.894. The van der Waals surface area contributed by atoms with Gasteiger partial charge in [-0.1, -0.05) is 30.3 Å². The van der Waals surface area contributed by atoms with Gasteiger partial charge < -0.3 is 9.84 Å². The van der Waals surface area contributed by atoms with E-state index in [0.717, 1.165) is 36.3 Å². The monoisotopic (exact) mass is 355 g/mol. The lowest BCUT2D eigenvalue weighted by Gasteiger charge is -2.44. The zero-order valence-electron chi connectivity index (χ0n) is 15.4. The Kier molecular flexibility index (Phi) is 4.49. The van der Waals surface area contributed by atoms with Crippen molar-refractivity contribution in [3.8, 4) is 5.75 Å². The van der Waals surface area contributed by atoms with Crippen molar-refractivity contribution in [2.75, 3.05) is 7.11 Å². The highest BCUT2D eigenvalue weighted by Gasteiger charge is 2.48. The van der Waals surface area contributed by atoms with Gasteiger partial charge in [-0.2, -0.15) is 0 Å². The van der Waals surface area contributed by atoms with Crippen molar-refractivity contribution >= 4 is 0 Å². The van der Waals surface area contributed by atoms with E-state index in [2.05, 4.69) is 30.0 Å². The average Bonchev–Trinajstić information content (AvgIpc) is 2.86. The fraction of sp³-hybridized carbons (Fsp3) is 0.455. The summed E-state index contributed by atoms with van der Waals surface area (Å²) in [6.07, 6.45) is 3.59. The number of rotatable bonds is 4. The van der Waals surface area contributed by atoms with Gasteiger partial charge in [-0.25, -0.2) is 4.39 Å². The van der Waals surface area contributed by atoms with Crippen LogP contribution in [0.1, 0.15) is 42.4 Å². The SMILES string of the molecule is COc1c(C)cccc1CN1C2CCC1CC(O)(c1ccc(F)cc1)C2. The molecule has 2 unspecified atom stereocenters. The molecule has 26 heavy (non-hydrogen) atoms. The summed E-state index contributed by atoms with van der Waals surface area (Å²) in [5.74, 6) is 0.704. The van der Waals surface area contributed by atoms with Crippen LogP contribution in [0.25, 0.3) is 0 Å². The van der Waals surface area contributed by atoms with E-state index in [-0.39, 0.29) is 5.82 Å².